The van der Waals surface area contributed by atoms with E-state index in [0.717, 1.165) is 42.6 Å². The summed E-state index contributed by atoms with van der Waals surface area (Å²) in [7, 11) is -3.53. The Bertz CT molecular complexity index is 1080. The van der Waals surface area contributed by atoms with E-state index in [1.165, 1.54) is 12.1 Å². The fraction of sp³-hybridized carbons (Fsp3) is 0.273. The lowest BCUT2D eigenvalue weighted by atomic mass is 10.1. The van der Waals surface area contributed by atoms with Gasteiger partial charge >= 0.3 is 0 Å². The Kier molecular flexibility index (Phi) is 5.80. The second-order valence-electron chi connectivity index (χ2n) is 7.21. The van der Waals surface area contributed by atoms with Crippen molar-refractivity contribution in [1.82, 2.24) is 9.62 Å². The molecule has 0 amide bonds. The molecule has 1 aliphatic rings. The molecule has 0 unspecified atom stereocenters. The lowest BCUT2D eigenvalue weighted by Gasteiger charge is -2.36. The van der Waals surface area contributed by atoms with Gasteiger partial charge in [0.2, 0.25) is 10.0 Å². The molecule has 0 aromatic heterocycles. The van der Waals surface area contributed by atoms with Gasteiger partial charge < -0.3 is 4.90 Å². The smallest absolute Gasteiger partial charge is 0.240 e. The number of sulfonamides is 1. The number of benzene rings is 3. The van der Waals surface area contributed by atoms with Crippen LogP contribution in [-0.2, 0) is 10.0 Å². The van der Waals surface area contributed by atoms with Crippen LogP contribution in [-0.4, -0.2) is 52.6 Å². The molecule has 3 aromatic carbocycles. The summed E-state index contributed by atoms with van der Waals surface area (Å²) in [5.74, 6) is -0.230. The minimum Gasteiger partial charge on any atom is -0.369 e. The first-order valence-electron chi connectivity index (χ1n) is 9.73. The molecule has 0 atom stereocenters. The van der Waals surface area contributed by atoms with Crippen molar-refractivity contribution in [3.05, 3.63) is 72.5 Å². The van der Waals surface area contributed by atoms with Gasteiger partial charge in [-0.15, -0.1) is 0 Å². The van der Waals surface area contributed by atoms with Crippen LogP contribution >= 0.6 is 0 Å². The fourth-order valence-electron chi connectivity index (χ4n) is 3.64. The third-order valence-electron chi connectivity index (χ3n) is 5.32. The van der Waals surface area contributed by atoms with Crippen LogP contribution in [0.25, 0.3) is 10.8 Å². The maximum Gasteiger partial charge on any atom is 0.240 e. The normalized spacial score (nSPS) is 15.7. The van der Waals surface area contributed by atoms with Crippen molar-refractivity contribution in [2.75, 3.05) is 44.2 Å². The highest BCUT2D eigenvalue weighted by Crippen LogP contribution is 2.19. The Morgan fingerprint density at radius 1 is 0.862 bits per heavy atom. The Morgan fingerprint density at radius 3 is 2.28 bits per heavy atom. The molecule has 0 aliphatic carbocycles. The van der Waals surface area contributed by atoms with Crippen molar-refractivity contribution < 1.29 is 12.8 Å². The molecule has 3 aromatic rings. The van der Waals surface area contributed by atoms with E-state index in [1.54, 1.807) is 24.3 Å². The first kappa shape index (κ1) is 19.8. The quantitative estimate of drug-likeness (QED) is 0.675. The number of nitrogens with zero attached hydrogens (tertiary/aromatic N) is 2. The molecule has 0 saturated carbocycles. The van der Waals surface area contributed by atoms with Gasteiger partial charge in [-0.25, -0.2) is 17.5 Å². The van der Waals surface area contributed by atoms with Gasteiger partial charge in [-0.1, -0.05) is 30.3 Å². The largest absolute Gasteiger partial charge is 0.369 e. The Hall–Kier alpha value is -2.48. The third kappa shape index (κ3) is 4.75. The Morgan fingerprint density at radius 2 is 1.55 bits per heavy atom. The van der Waals surface area contributed by atoms with Crippen molar-refractivity contribution in [2.45, 2.75) is 4.90 Å². The van der Waals surface area contributed by atoms with E-state index >= 15 is 0 Å². The number of hydrogen-bond donors (Lipinski definition) is 1. The number of halogens is 1. The summed E-state index contributed by atoms with van der Waals surface area (Å²) in [5.41, 5.74) is 1.02. The van der Waals surface area contributed by atoms with E-state index in [4.69, 9.17) is 0 Å². The average molecular weight is 414 g/mol. The van der Waals surface area contributed by atoms with Crippen molar-refractivity contribution in [3.8, 4) is 0 Å². The van der Waals surface area contributed by atoms with Gasteiger partial charge in [0.25, 0.3) is 0 Å². The number of hydrogen-bond acceptors (Lipinski definition) is 4. The summed E-state index contributed by atoms with van der Waals surface area (Å²) in [6.07, 6.45) is 0. The Balaban J connectivity index is 1.29. The summed E-state index contributed by atoms with van der Waals surface area (Å²) in [4.78, 5) is 4.75. The summed E-state index contributed by atoms with van der Waals surface area (Å²) in [6, 6.07) is 19.4. The molecule has 1 heterocycles. The molecule has 4 rings (SSSR count). The summed E-state index contributed by atoms with van der Waals surface area (Å²) in [5, 5.41) is 1.93. The topological polar surface area (TPSA) is 52.7 Å². The van der Waals surface area contributed by atoms with Gasteiger partial charge in [-0.05, 0) is 47.2 Å². The molecule has 1 saturated heterocycles. The van der Waals surface area contributed by atoms with Crippen LogP contribution in [0.5, 0.6) is 0 Å². The SMILES string of the molecule is O=S(=O)(NCCN1CCN(c2ccc(F)cc2)CC1)c1ccc2ccccc2c1. The summed E-state index contributed by atoms with van der Waals surface area (Å²) in [6.45, 7) is 4.38. The zero-order chi connectivity index (χ0) is 20.3. The van der Waals surface area contributed by atoms with Crippen LogP contribution in [0.15, 0.2) is 71.6 Å². The average Bonchev–Trinajstić information content (AvgIpc) is 2.74. The highest BCUT2D eigenvalue weighted by Gasteiger charge is 2.19. The highest BCUT2D eigenvalue weighted by molar-refractivity contribution is 7.89. The molecule has 29 heavy (non-hydrogen) atoms. The number of fused-ring (bicyclic) bond motifs is 1. The van der Waals surface area contributed by atoms with Crippen LogP contribution in [0.3, 0.4) is 0 Å². The van der Waals surface area contributed by atoms with Gasteiger partial charge in [-0.3, -0.25) is 4.90 Å². The van der Waals surface area contributed by atoms with Gasteiger partial charge in [0.1, 0.15) is 5.82 Å². The fourth-order valence-corrected chi connectivity index (χ4v) is 4.69. The molecule has 152 valence electrons. The van der Waals surface area contributed by atoms with Gasteiger partial charge in [-0.2, -0.15) is 0 Å². The van der Waals surface area contributed by atoms with Crippen molar-refractivity contribution >= 4 is 26.5 Å². The standard InChI is InChI=1S/C22H24FN3O2S/c23-20-6-8-21(9-7-20)26-15-13-25(14-16-26)12-11-24-29(27,28)22-10-5-18-3-1-2-4-19(18)17-22/h1-10,17,24H,11-16H2. The highest BCUT2D eigenvalue weighted by atomic mass is 32.2. The van der Waals surface area contributed by atoms with E-state index < -0.39 is 10.0 Å². The predicted molar refractivity (Wildman–Crippen MR) is 114 cm³/mol. The molecule has 7 heteroatoms. The third-order valence-corrected chi connectivity index (χ3v) is 6.77. The molecule has 1 N–H and O–H groups in total. The van der Waals surface area contributed by atoms with Gasteiger partial charge in [0.15, 0.2) is 0 Å². The lowest BCUT2D eigenvalue weighted by Crippen LogP contribution is -2.48. The minimum atomic E-state index is -3.53. The van der Waals surface area contributed by atoms with Gasteiger partial charge in [0.05, 0.1) is 4.90 Å². The van der Waals surface area contributed by atoms with Crippen LogP contribution < -0.4 is 9.62 Å². The molecular formula is C22H24FN3O2S. The summed E-state index contributed by atoms with van der Waals surface area (Å²) < 4.78 is 41.0. The van der Waals surface area contributed by atoms with E-state index in [2.05, 4.69) is 14.5 Å². The maximum atomic E-state index is 13.1. The molecule has 1 fully saturated rings. The van der Waals surface area contributed by atoms with E-state index in [0.29, 0.717) is 13.1 Å². The molecule has 1 aliphatic heterocycles. The summed E-state index contributed by atoms with van der Waals surface area (Å²) >= 11 is 0. The van der Waals surface area contributed by atoms with Crippen LogP contribution in [0.4, 0.5) is 10.1 Å². The number of nitrogens with one attached hydrogen (secondary N) is 1. The molecule has 0 spiro atoms. The maximum absolute atomic E-state index is 13.1. The van der Waals surface area contributed by atoms with Crippen molar-refractivity contribution in [1.29, 1.82) is 0 Å². The lowest BCUT2D eigenvalue weighted by molar-refractivity contribution is 0.262. The zero-order valence-electron chi connectivity index (χ0n) is 16.1. The first-order chi connectivity index (χ1) is 14.0. The van der Waals surface area contributed by atoms with Crippen LogP contribution in [0.1, 0.15) is 0 Å². The van der Waals surface area contributed by atoms with E-state index in [1.807, 2.05) is 30.3 Å². The zero-order valence-corrected chi connectivity index (χ0v) is 16.9. The molecule has 0 radical (unpaired) electrons. The first-order valence-corrected chi connectivity index (χ1v) is 11.2. The van der Waals surface area contributed by atoms with E-state index in [-0.39, 0.29) is 10.7 Å². The van der Waals surface area contributed by atoms with Gasteiger partial charge in [0, 0.05) is 45.0 Å². The molecular weight excluding hydrogens is 389 g/mol. The van der Waals surface area contributed by atoms with Crippen LogP contribution in [0, 0.1) is 5.82 Å². The second-order valence-corrected chi connectivity index (χ2v) is 8.98. The minimum absolute atomic E-state index is 0.230. The van der Waals surface area contributed by atoms with Crippen LogP contribution in [0.2, 0.25) is 0 Å². The number of piperazine rings is 1. The number of rotatable bonds is 6. The van der Waals surface area contributed by atoms with Crippen molar-refractivity contribution in [2.24, 2.45) is 0 Å². The Labute approximate surface area is 170 Å². The molecule has 0 bridgehead atoms. The predicted octanol–water partition coefficient (Wildman–Crippen LogP) is 3.08. The number of anilines is 1. The van der Waals surface area contributed by atoms with Crippen molar-refractivity contribution in [3.63, 3.8) is 0 Å². The monoisotopic (exact) mass is 413 g/mol. The second kappa shape index (κ2) is 8.49. The van der Waals surface area contributed by atoms with E-state index in [9.17, 15) is 12.8 Å². The molecule has 5 nitrogen and oxygen atoms in total.